The van der Waals surface area contributed by atoms with Gasteiger partial charge in [-0.25, -0.2) is 0 Å². The molecule has 1 heterocycles. The molecule has 0 aliphatic heterocycles. The van der Waals surface area contributed by atoms with Gasteiger partial charge in [0, 0.05) is 36.3 Å². The van der Waals surface area contributed by atoms with Gasteiger partial charge in [0.05, 0.1) is 11.5 Å². The molecular weight excluding hydrogens is 362 g/mol. The molecule has 0 aromatic carbocycles. The highest BCUT2D eigenvalue weighted by Gasteiger charge is 2.14. The van der Waals surface area contributed by atoms with E-state index in [1.54, 1.807) is 11.3 Å². The van der Waals surface area contributed by atoms with Gasteiger partial charge in [0.2, 0.25) is 0 Å². The molecule has 0 unspecified atom stereocenters. The van der Waals surface area contributed by atoms with Gasteiger partial charge in [0.25, 0.3) is 5.91 Å². The van der Waals surface area contributed by atoms with Crippen molar-refractivity contribution in [3.8, 4) is 0 Å². The third-order valence-electron chi connectivity index (χ3n) is 3.59. The fourth-order valence-electron chi connectivity index (χ4n) is 2.22. The zero-order valence-corrected chi connectivity index (χ0v) is 16.2. The van der Waals surface area contributed by atoms with Gasteiger partial charge in [-0.2, -0.15) is 0 Å². The molecular formula is C17H28BrNO2S. The fraction of sp³-hybridized carbons (Fsp3) is 0.706. The number of alkyl halides is 1. The average Bonchev–Trinajstić information content (AvgIpc) is 3.00. The van der Waals surface area contributed by atoms with Gasteiger partial charge in [0.15, 0.2) is 0 Å². The van der Waals surface area contributed by atoms with Crippen LogP contribution in [-0.4, -0.2) is 42.4 Å². The summed E-state index contributed by atoms with van der Waals surface area (Å²) in [6.07, 6.45) is 5.81. The van der Waals surface area contributed by atoms with Gasteiger partial charge in [-0.1, -0.05) is 28.8 Å². The van der Waals surface area contributed by atoms with Crippen molar-refractivity contribution in [1.29, 1.82) is 0 Å². The molecule has 1 aromatic heterocycles. The molecule has 0 N–H and O–H groups in total. The van der Waals surface area contributed by atoms with E-state index in [9.17, 15) is 4.79 Å². The number of unbranched alkanes of at least 4 members (excludes halogenated alkanes) is 3. The Balaban J connectivity index is 2.21. The van der Waals surface area contributed by atoms with Crippen LogP contribution in [0.5, 0.6) is 0 Å². The van der Waals surface area contributed by atoms with Crippen LogP contribution in [0.3, 0.4) is 0 Å². The van der Waals surface area contributed by atoms with Crippen molar-refractivity contribution in [3.05, 3.63) is 21.9 Å². The standard InChI is InChI=1S/C17H28BrNO2S/c1-3-19(4-2)17(20)16-10-9-15(22-16)11-14-21-13-8-6-5-7-12-18/h9-10H,3-8,11-14H2,1-2H3. The second-order valence-electron chi connectivity index (χ2n) is 5.21. The van der Waals surface area contributed by atoms with Crippen molar-refractivity contribution < 1.29 is 9.53 Å². The SMILES string of the molecule is CCN(CC)C(=O)c1ccc(CCOCCCCCCBr)s1. The molecule has 5 heteroatoms. The third-order valence-corrected chi connectivity index (χ3v) is 5.28. The van der Waals surface area contributed by atoms with Crippen molar-refractivity contribution in [2.45, 2.75) is 46.0 Å². The zero-order chi connectivity index (χ0) is 16.2. The van der Waals surface area contributed by atoms with Crippen LogP contribution >= 0.6 is 27.3 Å². The molecule has 0 bridgehead atoms. The molecule has 0 radical (unpaired) electrons. The first-order valence-electron chi connectivity index (χ1n) is 8.24. The molecule has 0 saturated heterocycles. The molecule has 22 heavy (non-hydrogen) atoms. The summed E-state index contributed by atoms with van der Waals surface area (Å²) in [7, 11) is 0. The van der Waals surface area contributed by atoms with E-state index in [1.807, 2.05) is 24.8 Å². The van der Waals surface area contributed by atoms with E-state index in [1.165, 1.54) is 24.1 Å². The van der Waals surface area contributed by atoms with E-state index in [0.717, 1.165) is 49.4 Å². The summed E-state index contributed by atoms with van der Waals surface area (Å²) in [6.45, 7) is 7.15. The Morgan fingerprint density at radius 3 is 2.55 bits per heavy atom. The maximum absolute atomic E-state index is 12.2. The van der Waals surface area contributed by atoms with E-state index in [0.29, 0.717) is 0 Å². The third kappa shape index (κ3) is 7.25. The summed E-state index contributed by atoms with van der Waals surface area (Å²) >= 11 is 5.04. The fourth-order valence-corrected chi connectivity index (χ4v) is 3.57. The number of halogens is 1. The molecule has 1 rings (SSSR count). The Morgan fingerprint density at radius 1 is 1.14 bits per heavy atom. The Labute approximate surface area is 147 Å². The normalized spacial score (nSPS) is 10.9. The summed E-state index contributed by atoms with van der Waals surface area (Å²) in [5.74, 6) is 0.147. The van der Waals surface area contributed by atoms with Crippen LogP contribution in [0.15, 0.2) is 12.1 Å². The highest BCUT2D eigenvalue weighted by Crippen LogP contribution is 2.19. The number of thiophene rings is 1. The lowest BCUT2D eigenvalue weighted by atomic mass is 10.2. The molecule has 126 valence electrons. The molecule has 0 saturated carbocycles. The number of nitrogens with zero attached hydrogens (tertiary/aromatic N) is 1. The van der Waals surface area contributed by atoms with Crippen LogP contribution in [0.4, 0.5) is 0 Å². The van der Waals surface area contributed by atoms with E-state index in [4.69, 9.17) is 4.74 Å². The highest BCUT2D eigenvalue weighted by molar-refractivity contribution is 9.09. The minimum absolute atomic E-state index is 0.147. The smallest absolute Gasteiger partial charge is 0.263 e. The van der Waals surface area contributed by atoms with Crippen LogP contribution in [0, 0.1) is 0 Å². The van der Waals surface area contributed by atoms with Crippen LogP contribution in [0.2, 0.25) is 0 Å². The Morgan fingerprint density at radius 2 is 1.86 bits per heavy atom. The topological polar surface area (TPSA) is 29.5 Å². The van der Waals surface area contributed by atoms with E-state index in [2.05, 4.69) is 22.0 Å². The van der Waals surface area contributed by atoms with Gasteiger partial charge in [-0.05, 0) is 38.8 Å². The quantitative estimate of drug-likeness (QED) is 0.381. The summed E-state index contributed by atoms with van der Waals surface area (Å²) < 4.78 is 5.68. The predicted octanol–water partition coefficient (Wildman–Crippen LogP) is 4.74. The van der Waals surface area contributed by atoms with Gasteiger partial charge in [-0.3, -0.25) is 4.79 Å². The predicted molar refractivity (Wildman–Crippen MR) is 98.4 cm³/mol. The first-order chi connectivity index (χ1) is 10.7. The lowest BCUT2D eigenvalue weighted by Gasteiger charge is -2.17. The maximum Gasteiger partial charge on any atom is 0.263 e. The lowest BCUT2D eigenvalue weighted by Crippen LogP contribution is -2.29. The number of hydrogen-bond acceptors (Lipinski definition) is 3. The van der Waals surface area contributed by atoms with E-state index < -0.39 is 0 Å². The number of hydrogen-bond donors (Lipinski definition) is 0. The first-order valence-corrected chi connectivity index (χ1v) is 10.2. The van der Waals surface area contributed by atoms with Crippen LogP contribution in [-0.2, 0) is 11.2 Å². The van der Waals surface area contributed by atoms with Gasteiger partial charge in [0.1, 0.15) is 0 Å². The van der Waals surface area contributed by atoms with Crippen LogP contribution < -0.4 is 0 Å². The summed E-state index contributed by atoms with van der Waals surface area (Å²) in [5.41, 5.74) is 0. The van der Waals surface area contributed by atoms with Crippen molar-refractivity contribution in [3.63, 3.8) is 0 Å². The van der Waals surface area contributed by atoms with Gasteiger partial charge >= 0.3 is 0 Å². The number of carbonyl (C=O) groups is 1. The highest BCUT2D eigenvalue weighted by atomic mass is 79.9. The van der Waals surface area contributed by atoms with Gasteiger partial charge in [-0.15, -0.1) is 11.3 Å². The Bertz CT molecular complexity index is 419. The van der Waals surface area contributed by atoms with Crippen molar-refractivity contribution in [2.75, 3.05) is 31.6 Å². The molecule has 0 atom stereocenters. The summed E-state index contributed by atoms with van der Waals surface area (Å²) in [5, 5.41) is 1.10. The molecule has 0 aliphatic carbocycles. The first kappa shape index (κ1) is 19.7. The van der Waals surface area contributed by atoms with Gasteiger partial charge < -0.3 is 9.64 Å². The maximum atomic E-state index is 12.2. The lowest BCUT2D eigenvalue weighted by molar-refractivity contribution is 0.0778. The summed E-state index contributed by atoms with van der Waals surface area (Å²) in [4.78, 5) is 16.2. The minimum Gasteiger partial charge on any atom is -0.381 e. The molecule has 1 amide bonds. The second kappa shape index (κ2) is 12.1. The molecule has 0 fully saturated rings. The Hall–Kier alpha value is -0.390. The minimum atomic E-state index is 0.147. The van der Waals surface area contributed by atoms with Crippen molar-refractivity contribution in [2.24, 2.45) is 0 Å². The van der Waals surface area contributed by atoms with E-state index >= 15 is 0 Å². The zero-order valence-electron chi connectivity index (χ0n) is 13.8. The molecule has 0 spiro atoms. The number of amides is 1. The second-order valence-corrected chi connectivity index (χ2v) is 7.17. The number of rotatable bonds is 12. The number of carbonyl (C=O) groups excluding carboxylic acids is 1. The van der Waals surface area contributed by atoms with Crippen molar-refractivity contribution in [1.82, 2.24) is 4.90 Å². The number of ether oxygens (including phenoxy) is 1. The Kier molecular flexibility index (Phi) is 10.8. The van der Waals surface area contributed by atoms with Crippen LogP contribution in [0.25, 0.3) is 0 Å². The summed E-state index contributed by atoms with van der Waals surface area (Å²) in [6, 6.07) is 4.00. The molecule has 1 aromatic rings. The average molecular weight is 390 g/mol. The molecule has 3 nitrogen and oxygen atoms in total. The van der Waals surface area contributed by atoms with Crippen molar-refractivity contribution >= 4 is 33.2 Å². The largest absolute Gasteiger partial charge is 0.381 e. The monoisotopic (exact) mass is 389 g/mol. The molecule has 0 aliphatic rings. The van der Waals surface area contributed by atoms with E-state index in [-0.39, 0.29) is 5.91 Å². The van der Waals surface area contributed by atoms with Crippen LogP contribution in [0.1, 0.15) is 54.1 Å².